The number of ketones is 1. The average molecular weight is 407 g/mol. The van der Waals surface area contributed by atoms with E-state index < -0.39 is 0 Å². The SMILES string of the molecule is COC1CNC(C(=O)c2cc(-c3ccccc3)c(=O)n3c2-c2sccc2CC3)C1. The molecule has 2 aliphatic heterocycles. The van der Waals surface area contributed by atoms with Crippen LogP contribution in [0, 0.1) is 0 Å². The number of hydrogen-bond acceptors (Lipinski definition) is 5. The Balaban J connectivity index is 1.71. The topological polar surface area (TPSA) is 60.3 Å². The summed E-state index contributed by atoms with van der Waals surface area (Å²) >= 11 is 1.60. The fourth-order valence-electron chi connectivity index (χ4n) is 4.38. The molecule has 2 aromatic heterocycles. The first-order valence-electron chi connectivity index (χ1n) is 9.87. The maximum absolute atomic E-state index is 13.6. The fourth-order valence-corrected chi connectivity index (χ4v) is 5.40. The maximum atomic E-state index is 13.6. The molecule has 0 saturated carbocycles. The van der Waals surface area contributed by atoms with Gasteiger partial charge >= 0.3 is 0 Å². The van der Waals surface area contributed by atoms with Crippen molar-refractivity contribution in [3.8, 4) is 21.7 Å². The van der Waals surface area contributed by atoms with Crippen molar-refractivity contribution in [1.29, 1.82) is 0 Å². The Morgan fingerprint density at radius 3 is 2.83 bits per heavy atom. The third-order valence-corrected chi connectivity index (χ3v) is 6.91. The van der Waals surface area contributed by atoms with Crippen LogP contribution in [0.5, 0.6) is 0 Å². The van der Waals surface area contributed by atoms with E-state index in [9.17, 15) is 9.59 Å². The van der Waals surface area contributed by atoms with E-state index in [4.69, 9.17) is 4.74 Å². The molecule has 1 aromatic carbocycles. The van der Waals surface area contributed by atoms with Gasteiger partial charge in [-0.1, -0.05) is 30.3 Å². The van der Waals surface area contributed by atoms with Crippen molar-refractivity contribution in [3.63, 3.8) is 0 Å². The lowest BCUT2D eigenvalue weighted by Gasteiger charge is -2.24. The zero-order valence-corrected chi connectivity index (χ0v) is 17.0. The largest absolute Gasteiger partial charge is 0.380 e. The van der Waals surface area contributed by atoms with Gasteiger partial charge in [-0.05, 0) is 41.5 Å². The molecule has 2 unspecified atom stereocenters. The summed E-state index contributed by atoms with van der Waals surface area (Å²) in [7, 11) is 1.68. The van der Waals surface area contributed by atoms with Crippen molar-refractivity contribution in [3.05, 3.63) is 69.3 Å². The van der Waals surface area contributed by atoms with Crippen molar-refractivity contribution in [2.75, 3.05) is 13.7 Å². The monoisotopic (exact) mass is 406 g/mol. The summed E-state index contributed by atoms with van der Waals surface area (Å²) in [5, 5.41) is 5.34. The number of nitrogens with zero attached hydrogens (tertiary/aromatic N) is 1. The van der Waals surface area contributed by atoms with E-state index in [0.717, 1.165) is 22.6 Å². The quantitative estimate of drug-likeness (QED) is 0.675. The molecule has 1 N–H and O–H groups in total. The lowest BCUT2D eigenvalue weighted by atomic mass is 9.93. The van der Waals surface area contributed by atoms with Gasteiger partial charge in [-0.15, -0.1) is 11.3 Å². The Hall–Kier alpha value is -2.54. The first-order chi connectivity index (χ1) is 14.2. The third-order valence-electron chi connectivity index (χ3n) is 5.95. The van der Waals surface area contributed by atoms with Gasteiger partial charge in [0.25, 0.3) is 5.56 Å². The second-order valence-electron chi connectivity index (χ2n) is 7.59. The van der Waals surface area contributed by atoms with Crippen LogP contribution in [0.25, 0.3) is 21.7 Å². The van der Waals surface area contributed by atoms with Gasteiger partial charge in [-0.25, -0.2) is 0 Å². The zero-order valence-electron chi connectivity index (χ0n) is 16.2. The molecule has 3 aromatic rings. The predicted molar refractivity (Wildman–Crippen MR) is 115 cm³/mol. The molecule has 6 heteroatoms. The summed E-state index contributed by atoms with van der Waals surface area (Å²) in [5.41, 5.74) is 4.01. The molecule has 0 bridgehead atoms. The van der Waals surface area contributed by atoms with Crippen molar-refractivity contribution >= 4 is 17.1 Å². The van der Waals surface area contributed by atoms with E-state index in [0.29, 0.717) is 30.6 Å². The van der Waals surface area contributed by atoms with Crippen molar-refractivity contribution in [2.45, 2.75) is 31.5 Å². The molecule has 2 atom stereocenters. The number of ether oxygens (including phenoxy) is 1. The molecule has 4 heterocycles. The Labute approximate surface area is 173 Å². The number of nitrogens with one attached hydrogen (secondary N) is 1. The van der Waals surface area contributed by atoms with Crippen molar-refractivity contribution in [1.82, 2.24) is 9.88 Å². The van der Waals surface area contributed by atoms with Gasteiger partial charge in [0.05, 0.1) is 22.7 Å². The number of pyridine rings is 1. The number of carbonyl (C=O) groups excluding carboxylic acids is 1. The summed E-state index contributed by atoms with van der Waals surface area (Å²) in [6.07, 6.45) is 1.49. The zero-order chi connectivity index (χ0) is 20.0. The molecular formula is C23H22N2O3S. The number of fused-ring (bicyclic) bond motifs is 3. The molecule has 0 spiro atoms. The molecule has 1 saturated heterocycles. The standard InChI is InChI=1S/C23H22N2O3S/c1-28-16-11-19(24-13-16)21(26)18-12-17(14-5-3-2-4-6-14)23(27)25-9-7-15-8-10-29-22(15)20(18)25/h2-6,8,10,12,16,19,24H,7,9,11,13H2,1H3. The summed E-state index contributed by atoms with van der Waals surface area (Å²) in [6, 6.07) is 13.2. The Morgan fingerprint density at radius 2 is 2.07 bits per heavy atom. The van der Waals surface area contributed by atoms with Gasteiger partial charge in [-0.3, -0.25) is 9.59 Å². The van der Waals surface area contributed by atoms with Crippen molar-refractivity contribution in [2.24, 2.45) is 0 Å². The van der Waals surface area contributed by atoms with Gasteiger partial charge in [0.1, 0.15) is 0 Å². The first-order valence-corrected chi connectivity index (χ1v) is 10.8. The highest BCUT2D eigenvalue weighted by molar-refractivity contribution is 7.13. The second-order valence-corrected chi connectivity index (χ2v) is 8.50. The maximum Gasteiger partial charge on any atom is 0.258 e. The minimum absolute atomic E-state index is 0.0315. The molecule has 5 nitrogen and oxygen atoms in total. The summed E-state index contributed by atoms with van der Waals surface area (Å²) in [4.78, 5) is 28.0. The predicted octanol–water partition coefficient (Wildman–Crippen LogP) is 3.36. The van der Waals surface area contributed by atoms with Gasteiger partial charge in [0.15, 0.2) is 5.78 Å². The minimum atomic E-state index is -0.295. The number of thiophene rings is 1. The van der Waals surface area contributed by atoms with Crippen LogP contribution >= 0.6 is 11.3 Å². The van der Waals surface area contributed by atoms with Gasteiger partial charge in [-0.2, -0.15) is 0 Å². The molecular weight excluding hydrogens is 384 g/mol. The molecule has 29 heavy (non-hydrogen) atoms. The van der Waals surface area contributed by atoms with E-state index in [-0.39, 0.29) is 23.5 Å². The number of Topliss-reactive ketones (excluding diaryl/α,β-unsaturated/α-hetero) is 1. The molecule has 0 radical (unpaired) electrons. The minimum Gasteiger partial charge on any atom is -0.380 e. The highest BCUT2D eigenvalue weighted by atomic mass is 32.1. The number of carbonyl (C=O) groups is 1. The first kappa shape index (κ1) is 18.5. The van der Waals surface area contributed by atoms with E-state index in [1.54, 1.807) is 23.0 Å². The second kappa shape index (κ2) is 7.37. The number of rotatable bonds is 4. The lowest BCUT2D eigenvalue weighted by molar-refractivity contribution is 0.0918. The van der Waals surface area contributed by atoms with Crippen molar-refractivity contribution < 1.29 is 9.53 Å². The van der Waals surface area contributed by atoms with Crippen LogP contribution < -0.4 is 10.9 Å². The molecule has 0 amide bonds. The van der Waals surface area contributed by atoms with E-state index in [1.165, 1.54) is 5.56 Å². The normalized spacial score (nSPS) is 20.3. The molecule has 1 fully saturated rings. The van der Waals surface area contributed by atoms with Gasteiger partial charge < -0.3 is 14.6 Å². The van der Waals surface area contributed by atoms with Gasteiger partial charge in [0.2, 0.25) is 0 Å². The molecule has 2 aliphatic rings. The number of aromatic nitrogens is 1. The summed E-state index contributed by atoms with van der Waals surface area (Å²) in [5.74, 6) is 0.0340. The number of hydrogen-bond donors (Lipinski definition) is 1. The molecule has 148 valence electrons. The number of aryl methyl sites for hydroxylation is 1. The molecule has 0 aliphatic carbocycles. The summed E-state index contributed by atoms with van der Waals surface area (Å²) in [6.45, 7) is 1.26. The summed E-state index contributed by atoms with van der Waals surface area (Å²) < 4.78 is 7.23. The van der Waals surface area contributed by atoms with Crippen LogP contribution in [0.1, 0.15) is 22.3 Å². The fraction of sp³-hybridized carbons (Fsp3) is 0.304. The molecule has 5 rings (SSSR count). The number of benzene rings is 1. The Kier molecular flexibility index (Phi) is 4.70. The Bertz CT molecular complexity index is 1130. The van der Waals surface area contributed by atoms with Crippen LogP contribution in [0.4, 0.5) is 0 Å². The third kappa shape index (κ3) is 3.08. The lowest BCUT2D eigenvalue weighted by Crippen LogP contribution is -2.34. The number of methoxy groups -OCH3 is 1. The van der Waals surface area contributed by atoms with E-state index in [2.05, 4.69) is 11.4 Å². The van der Waals surface area contributed by atoms with E-state index in [1.807, 2.05) is 41.8 Å². The van der Waals surface area contributed by atoms with Crippen LogP contribution in [0.2, 0.25) is 0 Å². The van der Waals surface area contributed by atoms with Gasteiger partial charge in [0, 0.05) is 31.3 Å². The Morgan fingerprint density at radius 1 is 1.24 bits per heavy atom. The highest BCUT2D eigenvalue weighted by Gasteiger charge is 2.34. The van der Waals surface area contributed by atoms with E-state index >= 15 is 0 Å². The van der Waals surface area contributed by atoms with Crippen LogP contribution in [0.15, 0.2) is 52.6 Å². The smallest absolute Gasteiger partial charge is 0.258 e. The van der Waals surface area contributed by atoms with Crippen LogP contribution in [-0.4, -0.2) is 36.2 Å². The highest BCUT2D eigenvalue weighted by Crippen LogP contribution is 2.37. The van der Waals surface area contributed by atoms with Crippen LogP contribution in [-0.2, 0) is 17.7 Å². The average Bonchev–Trinajstić information content (AvgIpc) is 3.43. The van der Waals surface area contributed by atoms with Crippen LogP contribution in [0.3, 0.4) is 0 Å².